The third-order valence-corrected chi connectivity index (χ3v) is 2.55. The van der Waals surface area contributed by atoms with Crippen LogP contribution in [0.1, 0.15) is 24.1 Å². The second kappa shape index (κ2) is 4.15. The van der Waals surface area contributed by atoms with E-state index in [0.717, 1.165) is 0 Å². The number of hydrogen-bond acceptors (Lipinski definition) is 2. The Hall–Kier alpha value is -0.800. The fourth-order valence-electron chi connectivity index (χ4n) is 1.37. The highest BCUT2D eigenvalue weighted by Gasteiger charge is 2.18. The number of aryl methyl sites for hydroxylation is 1. The molecule has 0 amide bonds. The molecule has 0 spiro atoms. The van der Waals surface area contributed by atoms with Crippen LogP contribution in [0, 0.1) is 12.7 Å². The van der Waals surface area contributed by atoms with Gasteiger partial charge in [-0.1, -0.05) is 11.6 Å². The maximum Gasteiger partial charge on any atom is 0.165 e. The third kappa shape index (κ3) is 1.83. The summed E-state index contributed by atoms with van der Waals surface area (Å²) in [6, 6.07) is 0.986. The van der Waals surface area contributed by atoms with Crippen LogP contribution in [-0.2, 0) is 0 Å². The summed E-state index contributed by atoms with van der Waals surface area (Å²) in [7, 11) is 1.40. The van der Waals surface area contributed by atoms with Gasteiger partial charge in [-0.25, -0.2) is 4.39 Å². The number of hydrogen-bond donors (Lipinski definition) is 1. The third-order valence-electron chi connectivity index (χ3n) is 2.05. The Kier molecular flexibility index (Phi) is 3.34. The van der Waals surface area contributed by atoms with Gasteiger partial charge in [0.2, 0.25) is 0 Å². The summed E-state index contributed by atoms with van der Waals surface area (Å²) in [6.45, 7) is 3.47. The lowest BCUT2D eigenvalue weighted by Crippen LogP contribution is -2.09. The Morgan fingerprint density at radius 2 is 2.14 bits per heavy atom. The molecule has 1 rings (SSSR count). The molecule has 0 saturated carbocycles. The Balaban J connectivity index is 3.48. The summed E-state index contributed by atoms with van der Waals surface area (Å²) in [5, 5.41) is 0.471. The summed E-state index contributed by atoms with van der Waals surface area (Å²) >= 11 is 6.02. The van der Waals surface area contributed by atoms with Crippen molar-refractivity contribution in [2.75, 3.05) is 7.11 Å². The van der Waals surface area contributed by atoms with E-state index in [1.54, 1.807) is 13.8 Å². The maximum absolute atomic E-state index is 13.4. The molecule has 0 aromatic heterocycles. The molecule has 0 saturated heterocycles. The first kappa shape index (κ1) is 11.3. The van der Waals surface area contributed by atoms with Crippen molar-refractivity contribution in [2.24, 2.45) is 5.73 Å². The van der Waals surface area contributed by atoms with E-state index in [1.807, 2.05) is 0 Å². The van der Waals surface area contributed by atoms with Gasteiger partial charge in [0, 0.05) is 11.6 Å². The van der Waals surface area contributed by atoms with Crippen LogP contribution >= 0.6 is 11.6 Å². The number of nitrogens with two attached hydrogens (primary N) is 1. The summed E-state index contributed by atoms with van der Waals surface area (Å²) in [4.78, 5) is 0. The van der Waals surface area contributed by atoms with Crippen molar-refractivity contribution in [3.05, 3.63) is 28.0 Å². The maximum atomic E-state index is 13.4. The highest BCUT2D eigenvalue weighted by molar-refractivity contribution is 6.32. The van der Waals surface area contributed by atoms with Gasteiger partial charge in [0.15, 0.2) is 11.6 Å². The van der Waals surface area contributed by atoms with Crippen molar-refractivity contribution in [2.45, 2.75) is 19.9 Å². The second-order valence-corrected chi connectivity index (χ2v) is 3.60. The van der Waals surface area contributed by atoms with Crippen LogP contribution in [0.15, 0.2) is 6.07 Å². The Morgan fingerprint density at radius 3 is 2.57 bits per heavy atom. The fourth-order valence-corrected chi connectivity index (χ4v) is 1.69. The van der Waals surface area contributed by atoms with Crippen molar-refractivity contribution in [3.8, 4) is 5.75 Å². The van der Waals surface area contributed by atoms with Crippen LogP contribution in [-0.4, -0.2) is 7.11 Å². The predicted molar refractivity (Wildman–Crippen MR) is 55.3 cm³/mol. The molecule has 0 aliphatic rings. The molecular weight excluding hydrogens is 205 g/mol. The summed E-state index contributed by atoms with van der Waals surface area (Å²) in [5.41, 5.74) is 6.88. The van der Waals surface area contributed by atoms with E-state index in [4.69, 9.17) is 22.1 Å². The van der Waals surface area contributed by atoms with Crippen LogP contribution in [0.25, 0.3) is 0 Å². The number of benzene rings is 1. The topological polar surface area (TPSA) is 35.2 Å². The standard InChI is InChI=1S/C10H13ClFNO/c1-5-4-7(12)10(14-3)8(6(2)13)9(5)11/h4,6H,13H2,1-3H3. The minimum atomic E-state index is -0.429. The fraction of sp³-hybridized carbons (Fsp3) is 0.400. The summed E-state index contributed by atoms with van der Waals surface area (Å²) < 4.78 is 18.3. The zero-order chi connectivity index (χ0) is 10.9. The second-order valence-electron chi connectivity index (χ2n) is 3.22. The smallest absolute Gasteiger partial charge is 0.165 e. The first-order valence-electron chi connectivity index (χ1n) is 4.27. The molecule has 1 aromatic rings. The Labute approximate surface area is 87.8 Å². The molecule has 1 aromatic carbocycles. The first-order valence-corrected chi connectivity index (χ1v) is 4.65. The molecule has 14 heavy (non-hydrogen) atoms. The number of halogens is 2. The van der Waals surface area contributed by atoms with E-state index in [0.29, 0.717) is 16.1 Å². The summed E-state index contributed by atoms with van der Waals surface area (Å²) in [6.07, 6.45) is 0. The molecule has 2 N–H and O–H groups in total. The molecule has 0 aliphatic carbocycles. The van der Waals surface area contributed by atoms with E-state index < -0.39 is 5.82 Å². The first-order chi connectivity index (χ1) is 6.49. The zero-order valence-corrected chi connectivity index (χ0v) is 9.15. The minimum Gasteiger partial charge on any atom is -0.493 e. The molecule has 4 heteroatoms. The monoisotopic (exact) mass is 217 g/mol. The molecular formula is C10H13ClFNO. The minimum absolute atomic E-state index is 0.135. The molecule has 0 heterocycles. The number of rotatable bonds is 2. The van der Waals surface area contributed by atoms with Gasteiger partial charge >= 0.3 is 0 Å². The molecule has 2 nitrogen and oxygen atoms in total. The van der Waals surface area contributed by atoms with E-state index in [2.05, 4.69) is 0 Å². The van der Waals surface area contributed by atoms with Crippen LogP contribution in [0.4, 0.5) is 4.39 Å². The molecule has 0 bridgehead atoms. The van der Waals surface area contributed by atoms with Crippen molar-refractivity contribution in [3.63, 3.8) is 0 Å². The highest BCUT2D eigenvalue weighted by Crippen LogP contribution is 2.35. The average Bonchev–Trinajstić information content (AvgIpc) is 2.10. The lowest BCUT2D eigenvalue weighted by Gasteiger charge is -2.15. The average molecular weight is 218 g/mol. The van der Waals surface area contributed by atoms with Crippen molar-refractivity contribution < 1.29 is 9.13 Å². The van der Waals surface area contributed by atoms with Gasteiger partial charge < -0.3 is 10.5 Å². The van der Waals surface area contributed by atoms with Gasteiger partial charge in [-0.05, 0) is 25.5 Å². The lowest BCUT2D eigenvalue weighted by molar-refractivity contribution is 0.378. The number of ether oxygens (including phenoxy) is 1. The van der Waals surface area contributed by atoms with E-state index >= 15 is 0 Å². The van der Waals surface area contributed by atoms with Gasteiger partial charge in [-0.2, -0.15) is 0 Å². The molecule has 0 radical (unpaired) electrons. The van der Waals surface area contributed by atoms with Crippen LogP contribution in [0.5, 0.6) is 5.75 Å². The van der Waals surface area contributed by atoms with E-state index in [-0.39, 0.29) is 11.8 Å². The van der Waals surface area contributed by atoms with Gasteiger partial charge in [0.05, 0.1) is 12.1 Å². The SMILES string of the molecule is COc1c(F)cc(C)c(Cl)c1C(C)N. The van der Waals surface area contributed by atoms with Crippen molar-refractivity contribution in [1.82, 2.24) is 0 Å². The normalized spacial score (nSPS) is 12.7. The van der Waals surface area contributed by atoms with Gasteiger partial charge in [0.1, 0.15) is 0 Å². The van der Waals surface area contributed by atoms with Gasteiger partial charge in [0.25, 0.3) is 0 Å². The quantitative estimate of drug-likeness (QED) is 0.827. The number of methoxy groups -OCH3 is 1. The van der Waals surface area contributed by atoms with E-state index in [9.17, 15) is 4.39 Å². The largest absolute Gasteiger partial charge is 0.493 e. The molecule has 78 valence electrons. The predicted octanol–water partition coefficient (Wildman–Crippen LogP) is 2.82. The van der Waals surface area contributed by atoms with Gasteiger partial charge in [-0.3, -0.25) is 0 Å². The summed E-state index contributed by atoms with van der Waals surface area (Å²) in [5.74, 6) is -0.294. The van der Waals surface area contributed by atoms with Gasteiger partial charge in [-0.15, -0.1) is 0 Å². The zero-order valence-electron chi connectivity index (χ0n) is 8.40. The van der Waals surface area contributed by atoms with Crippen molar-refractivity contribution in [1.29, 1.82) is 0 Å². The molecule has 0 fully saturated rings. The molecule has 1 unspecified atom stereocenters. The van der Waals surface area contributed by atoms with Crippen molar-refractivity contribution >= 4 is 11.6 Å². The Morgan fingerprint density at radius 1 is 1.57 bits per heavy atom. The van der Waals surface area contributed by atoms with E-state index in [1.165, 1.54) is 13.2 Å². The molecule has 1 atom stereocenters. The van der Waals surface area contributed by atoms with Crippen LogP contribution in [0.2, 0.25) is 5.02 Å². The highest BCUT2D eigenvalue weighted by atomic mass is 35.5. The molecule has 0 aliphatic heterocycles. The van der Waals surface area contributed by atoms with Crippen LogP contribution < -0.4 is 10.5 Å². The lowest BCUT2D eigenvalue weighted by atomic mass is 10.0. The Bertz CT molecular complexity index is 352. The van der Waals surface area contributed by atoms with Crippen LogP contribution in [0.3, 0.4) is 0 Å².